The zero-order chi connectivity index (χ0) is 27.9. The van der Waals surface area contributed by atoms with E-state index in [0.717, 1.165) is 17.5 Å². The van der Waals surface area contributed by atoms with Gasteiger partial charge >= 0.3 is 0 Å². The van der Waals surface area contributed by atoms with Crippen molar-refractivity contribution in [3.63, 3.8) is 0 Å². The highest BCUT2D eigenvalue weighted by Gasteiger charge is 2.45. The molecule has 3 aromatic carbocycles. The fraction of sp³-hybridized carbons (Fsp3) is 0.161. The Hall–Kier alpha value is -4.21. The lowest BCUT2D eigenvalue weighted by atomic mass is 9.95. The highest BCUT2D eigenvalue weighted by molar-refractivity contribution is 8.00. The normalized spacial score (nSPS) is 15.3. The predicted octanol–water partition coefficient (Wildman–Crippen LogP) is 6.80. The van der Waals surface area contributed by atoms with Crippen LogP contribution in [0.25, 0.3) is 6.08 Å². The Kier molecular flexibility index (Phi) is 8.73. The highest BCUT2D eigenvalue weighted by Crippen LogP contribution is 2.43. The van der Waals surface area contributed by atoms with E-state index in [-0.39, 0.29) is 5.57 Å². The number of ketones is 1. The van der Waals surface area contributed by atoms with Crippen LogP contribution in [0.1, 0.15) is 36.1 Å². The number of allylic oxidation sites excluding steroid dienone is 1. The number of aromatic nitrogens is 2. The maximum Gasteiger partial charge on any atom is 0.296 e. The van der Waals surface area contributed by atoms with Gasteiger partial charge in [-0.15, -0.1) is 10.2 Å². The second-order valence-electron chi connectivity index (χ2n) is 8.99. The number of benzene rings is 3. The molecule has 9 heteroatoms. The first kappa shape index (κ1) is 27.4. The molecule has 0 fully saturated rings. The maximum atomic E-state index is 13.5. The molecule has 1 atom stereocenters. The number of hydrogen-bond donors (Lipinski definition) is 1. The van der Waals surface area contributed by atoms with Crippen LogP contribution < -0.4 is 9.64 Å². The van der Waals surface area contributed by atoms with E-state index in [1.165, 1.54) is 34.1 Å². The number of thioether (sulfide) groups is 1. The fourth-order valence-corrected chi connectivity index (χ4v) is 6.06. The van der Waals surface area contributed by atoms with Gasteiger partial charge < -0.3 is 9.84 Å². The molecule has 0 radical (unpaired) electrons. The summed E-state index contributed by atoms with van der Waals surface area (Å²) >= 11 is 2.76. The van der Waals surface area contributed by atoms with E-state index in [1.54, 1.807) is 30.3 Å². The molecule has 1 amide bonds. The molecule has 0 aliphatic carbocycles. The quantitative estimate of drug-likeness (QED) is 0.121. The number of anilines is 1. The van der Waals surface area contributed by atoms with Gasteiger partial charge in [0, 0.05) is 5.75 Å². The number of ether oxygens (including phenoxy) is 1. The van der Waals surface area contributed by atoms with Gasteiger partial charge in [-0.25, -0.2) is 0 Å². The maximum absolute atomic E-state index is 13.5. The van der Waals surface area contributed by atoms with Crippen LogP contribution in [0.15, 0.2) is 107 Å². The van der Waals surface area contributed by atoms with E-state index in [1.807, 2.05) is 67.6 Å². The van der Waals surface area contributed by atoms with E-state index >= 15 is 0 Å². The average Bonchev–Trinajstić information content (AvgIpc) is 3.57. The Morgan fingerprint density at radius 1 is 1.02 bits per heavy atom. The number of aliphatic hydroxyl groups is 1. The van der Waals surface area contributed by atoms with Gasteiger partial charge in [-0.05, 0) is 41.3 Å². The lowest BCUT2D eigenvalue weighted by Gasteiger charge is -2.24. The molecular formula is C31H27N3O4S2. The number of hydrogen-bond acceptors (Lipinski definition) is 8. The molecule has 1 N–H and O–H groups in total. The van der Waals surface area contributed by atoms with Crippen LogP contribution in [-0.4, -0.2) is 33.6 Å². The largest absolute Gasteiger partial charge is 0.503 e. The van der Waals surface area contributed by atoms with Crippen molar-refractivity contribution in [1.29, 1.82) is 0 Å². The third kappa shape index (κ3) is 6.16. The zero-order valence-corrected chi connectivity index (χ0v) is 23.4. The number of nitrogens with zero attached hydrogens (tertiary/aromatic N) is 3. The third-order valence-electron chi connectivity index (χ3n) is 6.18. The molecule has 7 nitrogen and oxygen atoms in total. The minimum Gasteiger partial charge on any atom is -0.503 e. The summed E-state index contributed by atoms with van der Waals surface area (Å²) in [6, 6.07) is 25.7. The topological polar surface area (TPSA) is 92.6 Å². The summed E-state index contributed by atoms with van der Waals surface area (Å²) in [7, 11) is 0. The van der Waals surface area contributed by atoms with Crippen LogP contribution >= 0.6 is 23.1 Å². The van der Waals surface area contributed by atoms with Gasteiger partial charge in [0.15, 0.2) is 15.9 Å². The van der Waals surface area contributed by atoms with Crippen molar-refractivity contribution in [3.8, 4) is 5.75 Å². The number of carbonyl (C=O) groups is 2. The summed E-state index contributed by atoms with van der Waals surface area (Å²) in [5.74, 6) is -0.362. The lowest BCUT2D eigenvalue weighted by Crippen LogP contribution is -2.30. The van der Waals surface area contributed by atoms with Crippen molar-refractivity contribution in [2.75, 3.05) is 11.5 Å². The molecule has 0 saturated carbocycles. The Bertz CT molecular complexity index is 1530. The fourth-order valence-electron chi connectivity index (χ4n) is 4.24. The molecule has 1 aliphatic rings. The second-order valence-corrected chi connectivity index (χ2v) is 11.2. The molecule has 4 aromatic rings. The van der Waals surface area contributed by atoms with Crippen molar-refractivity contribution in [2.45, 2.75) is 29.5 Å². The Labute approximate surface area is 240 Å². The smallest absolute Gasteiger partial charge is 0.296 e. The van der Waals surface area contributed by atoms with Crippen molar-refractivity contribution >= 4 is 46.0 Å². The lowest BCUT2D eigenvalue weighted by molar-refractivity contribution is -0.117. The summed E-state index contributed by atoms with van der Waals surface area (Å²) < 4.78 is 6.39. The standard InChI is InChI=1S/C31H27N3O4S2/c1-2-19-38-24-16-14-23(15-17-24)27-26(25(35)18-13-21-9-5-3-6-10-21)28(36)29(37)34(27)30-32-33-31(40-30)39-20-22-11-7-4-8-12-22/h3-18,27,36H,2,19-20H2,1H3/b18-13+. The average molecular weight is 570 g/mol. The van der Waals surface area contributed by atoms with Crippen molar-refractivity contribution in [1.82, 2.24) is 10.2 Å². The number of aliphatic hydroxyl groups excluding tert-OH is 1. The van der Waals surface area contributed by atoms with Crippen molar-refractivity contribution in [2.24, 2.45) is 0 Å². The van der Waals surface area contributed by atoms with Gasteiger partial charge in [0.25, 0.3) is 5.91 Å². The number of carbonyl (C=O) groups excluding carboxylic acids is 2. The first-order valence-electron chi connectivity index (χ1n) is 12.8. The molecule has 0 bridgehead atoms. The summed E-state index contributed by atoms with van der Waals surface area (Å²) in [5.41, 5.74) is 2.61. The van der Waals surface area contributed by atoms with E-state index in [9.17, 15) is 14.7 Å². The van der Waals surface area contributed by atoms with Gasteiger partial charge in [0.05, 0.1) is 18.2 Å². The Balaban J connectivity index is 1.46. The summed E-state index contributed by atoms with van der Waals surface area (Å²) in [6.45, 7) is 2.61. The SMILES string of the molecule is CCCOc1ccc(C2C(C(=O)/C=C/c3ccccc3)=C(O)C(=O)N2c2nnc(SCc3ccccc3)s2)cc1. The number of amides is 1. The van der Waals surface area contributed by atoms with Crippen LogP contribution in [0, 0.1) is 0 Å². The molecule has 1 aromatic heterocycles. The minimum absolute atomic E-state index is 0.00639. The van der Waals surface area contributed by atoms with Gasteiger partial charge in [-0.3, -0.25) is 14.5 Å². The summed E-state index contributed by atoms with van der Waals surface area (Å²) in [5, 5.41) is 19.8. The van der Waals surface area contributed by atoms with Gasteiger partial charge in [-0.2, -0.15) is 0 Å². The molecule has 1 unspecified atom stereocenters. The highest BCUT2D eigenvalue weighted by atomic mass is 32.2. The first-order chi connectivity index (χ1) is 19.5. The van der Waals surface area contributed by atoms with Crippen LogP contribution in [0.3, 0.4) is 0 Å². The van der Waals surface area contributed by atoms with E-state index < -0.39 is 23.5 Å². The number of rotatable bonds is 11. The predicted molar refractivity (Wildman–Crippen MR) is 159 cm³/mol. The van der Waals surface area contributed by atoms with Gasteiger partial charge in [-0.1, -0.05) is 109 Å². The molecular weight excluding hydrogens is 542 g/mol. The van der Waals surface area contributed by atoms with E-state index in [4.69, 9.17) is 4.74 Å². The first-order valence-corrected chi connectivity index (χ1v) is 14.6. The molecule has 40 heavy (non-hydrogen) atoms. The van der Waals surface area contributed by atoms with Crippen LogP contribution in [-0.2, 0) is 15.3 Å². The van der Waals surface area contributed by atoms with Gasteiger partial charge in [0.1, 0.15) is 5.75 Å². The van der Waals surface area contributed by atoms with Crippen LogP contribution in [0.4, 0.5) is 5.13 Å². The molecule has 1 aliphatic heterocycles. The monoisotopic (exact) mass is 569 g/mol. The summed E-state index contributed by atoms with van der Waals surface area (Å²) in [6.07, 6.45) is 3.92. The molecule has 202 valence electrons. The van der Waals surface area contributed by atoms with Crippen molar-refractivity contribution in [3.05, 3.63) is 119 Å². The zero-order valence-electron chi connectivity index (χ0n) is 21.8. The molecule has 2 heterocycles. The third-order valence-corrected chi connectivity index (χ3v) is 8.30. The van der Waals surface area contributed by atoms with Crippen molar-refractivity contribution < 1.29 is 19.4 Å². The van der Waals surface area contributed by atoms with E-state index in [0.29, 0.717) is 33.1 Å². The minimum atomic E-state index is -0.874. The van der Waals surface area contributed by atoms with Crippen LogP contribution in [0.5, 0.6) is 5.75 Å². The second kappa shape index (κ2) is 12.8. The molecule has 0 saturated heterocycles. The van der Waals surface area contributed by atoms with E-state index in [2.05, 4.69) is 10.2 Å². The van der Waals surface area contributed by atoms with Gasteiger partial charge in [0.2, 0.25) is 5.13 Å². The Morgan fingerprint density at radius 2 is 1.73 bits per heavy atom. The molecule has 0 spiro atoms. The molecule has 5 rings (SSSR count). The Morgan fingerprint density at radius 3 is 2.42 bits per heavy atom. The van der Waals surface area contributed by atoms with Crippen LogP contribution in [0.2, 0.25) is 0 Å². The summed E-state index contributed by atoms with van der Waals surface area (Å²) in [4.78, 5) is 28.2.